The van der Waals surface area contributed by atoms with Crippen molar-refractivity contribution in [3.05, 3.63) is 63.7 Å². The first-order valence-electron chi connectivity index (χ1n) is 8.00. The van der Waals surface area contributed by atoms with E-state index in [-0.39, 0.29) is 11.1 Å². The molecule has 2 aromatic rings. The minimum absolute atomic E-state index is 0.0262. The summed E-state index contributed by atoms with van der Waals surface area (Å²) in [7, 11) is 1.48. The molecule has 4 rings (SSSR count). The maximum absolute atomic E-state index is 11.1. The lowest BCUT2D eigenvalue weighted by Gasteiger charge is -2.41. The number of anilines is 1. The summed E-state index contributed by atoms with van der Waals surface area (Å²) in [5, 5.41) is 14.6. The van der Waals surface area contributed by atoms with E-state index >= 15 is 0 Å². The van der Waals surface area contributed by atoms with Crippen molar-refractivity contribution in [3.8, 4) is 11.5 Å². The molecule has 6 heteroatoms. The second kappa shape index (κ2) is 4.99. The molecule has 0 bridgehead atoms. The van der Waals surface area contributed by atoms with Crippen molar-refractivity contribution < 1.29 is 14.4 Å². The third-order valence-corrected chi connectivity index (χ3v) is 5.11. The number of fused-ring (bicyclic) bond motifs is 2. The van der Waals surface area contributed by atoms with Crippen LogP contribution in [0.25, 0.3) is 6.08 Å². The molecule has 2 aliphatic rings. The van der Waals surface area contributed by atoms with E-state index in [1.165, 1.54) is 19.2 Å². The van der Waals surface area contributed by atoms with Gasteiger partial charge in [-0.15, -0.1) is 0 Å². The summed E-state index contributed by atoms with van der Waals surface area (Å²) >= 11 is 0. The predicted molar refractivity (Wildman–Crippen MR) is 95.1 cm³/mol. The third kappa shape index (κ3) is 2.03. The van der Waals surface area contributed by atoms with Gasteiger partial charge in [0, 0.05) is 17.3 Å². The highest BCUT2D eigenvalue weighted by atomic mass is 16.6. The molecule has 2 aromatic carbocycles. The van der Waals surface area contributed by atoms with Crippen molar-refractivity contribution in [2.45, 2.75) is 25.0 Å². The summed E-state index contributed by atoms with van der Waals surface area (Å²) in [5.41, 5.74) is 1.65. The smallest absolute Gasteiger partial charge is 0.274 e. The molecule has 1 N–H and O–H groups in total. The number of methoxy groups -OCH3 is 1. The number of nitrogens with zero attached hydrogens (tertiary/aromatic N) is 1. The van der Waals surface area contributed by atoms with Crippen LogP contribution in [0, 0.1) is 10.1 Å². The zero-order valence-electron chi connectivity index (χ0n) is 14.2. The Hall–Kier alpha value is -3.02. The van der Waals surface area contributed by atoms with Crippen LogP contribution < -0.4 is 14.8 Å². The van der Waals surface area contributed by atoms with Gasteiger partial charge in [0.05, 0.1) is 23.5 Å². The van der Waals surface area contributed by atoms with Gasteiger partial charge < -0.3 is 14.8 Å². The highest BCUT2D eigenvalue weighted by Gasteiger charge is 2.54. The molecule has 6 nitrogen and oxygen atoms in total. The number of ether oxygens (including phenoxy) is 2. The molecular formula is C19H18N2O4. The summed E-state index contributed by atoms with van der Waals surface area (Å²) in [6.45, 7) is 4.22. The maximum Gasteiger partial charge on any atom is 0.274 e. The van der Waals surface area contributed by atoms with Crippen molar-refractivity contribution in [1.29, 1.82) is 0 Å². The van der Waals surface area contributed by atoms with E-state index in [9.17, 15) is 10.1 Å². The van der Waals surface area contributed by atoms with Crippen LogP contribution in [0.5, 0.6) is 11.5 Å². The Morgan fingerprint density at radius 1 is 1.24 bits per heavy atom. The summed E-state index contributed by atoms with van der Waals surface area (Å²) in [4.78, 5) is 10.7. The predicted octanol–water partition coefficient (Wildman–Crippen LogP) is 4.11. The minimum Gasteiger partial charge on any atom is -0.493 e. The molecule has 2 aliphatic heterocycles. The van der Waals surface area contributed by atoms with E-state index in [1.807, 2.05) is 30.4 Å². The van der Waals surface area contributed by atoms with E-state index in [1.54, 1.807) is 0 Å². The number of para-hydroxylation sites is 1. The Labute approximate surface area is 145 Å². The zero-order valence-corrected chi connectivity index (χ0v) is 14.2. The van der Waals surface area contributed by atoms with Crippen LogP contribution in [-0.2, 0) is 5.41 Å². The molecule has 25 heavy (non-hydrogen) atoms. The Bertz CT molecular complexity index is 920. The Kier molecular flexibility index (Phi) is 3.09. The number of non-ortho nitro benzene ring substituents is 1. The van der Waals surface area contributed by atoms with Crippen molar-refractivity contribution in [1.82, 2.24) is 0 Å². The Morgan fingerprint density at radius 3 is 2.68 bits per heavy atom. The topological polar surface area (TPSA) is 73.6 Å². The zero-order chi connectivity index (χ0) is 17.8. The second-order valence-corrected chi connectivity index (χ2v) is 6.79. The number of benzene rings is 2. The van der Waals surface area contributed by atoms with Gasteiger partial charge in [-0.05, 0) is 37.6 Å². The van der Waals surface area contributed by atoms with Gasteiger partial charge in [0.25, 0.3) is 5.69 Å². The molecule has 0 aliphatic carbocycles. The summed E-state index contributed by atoms with van der Waals surface area (Å²) in [6, 6.07) is 11.0. The molecule has 0 saturated carbocycles. The quantitative estimate of drug-likeness (QED) is 0.659. The van der Waals surface area contributed by atoms with Crippen molar-refractivity contribution in [2.75, 3.05) is 12.4 Å². The lowest BCUT2D eigenvalue weighted by atomic mass is 9.76. The Balaban J connectivity index is 1.85. The molecule has 0 fully saturated rings. The van der Waals surface area contributed by atoms with Gasteiger partial charge >= 0.3 is 0 Å². The summed E-state index contributed by atoms with van der Waals surface area (Å²) < 4.78 is 11.7. The van der Waals surface area contributed by atoms with Gasteiger partial charge in [0.1, 0.15) is 0 Å². The fraction of sp³-hybridized carbons (Fsp3) is 0.263. The van der Waals surface area contributed by atoms with Crippen LogP contribution in [0.2, 0.25) is 0 Å². The maximum atomic E-state index is 11.1. The van der Waals surface area contributed by atoms with Crippen LogP contribution in [-0.4, -0.2) is 17.8 Å². The van der Waals surface area contributed by atoms with Crippen LogP contribution in [0.1, 0.15) is 25.0 Å². The largest absolute Gasteiger partial charge is 0.493 e. The third-order valence-electron chi connectivity index (χ3n) is 5.11. The van der Waals surface area contributed by atoms with Gasteiger partial charge in [-0.3, -0.25) is 10.1 Å². The Morgan fingerprint density at radius 2 is 2.00 bits per heavy atom. The molecule has 1 spiro atoms. The monoisotopic (exact) mass is 338 g/mol. The SMILES string of the molecule is COc1cc([N+](=O)[O-])cc2c1O[C@@]1(C=C2)Nc2ccccc2C1(C)C. The minimum atomic E-state index is -0.785. The number of hydrogen-bond acceptors (Lipinski definition) is 5. The molecule has 0 amide bonds. The average Bonchev–Trinajstić information content (AvgIpc) is 2.81. The highest BCUT2D eigenvalue weighted by Crippen LogP contribution is 2.52. The number of rotatable bonds is 2. The van der Waals surface area contributed by atoms with Crippen molar-refractivity contribution >= 4 is 17.5 Å². The van der Waals surface area contributed by atoms with E-state index in [0.717, 1.165) is 11.3 Å². The lowest BCUT2D eigenvalue weighted by Crippen LogP contribution is -2.53. The van der Waals surface area contributed by atoms with Gasteiger partial charge in [0.15, 0.2) is 11.5 Å². The molecule has 0 saturated heterocycles. The second-order valence-electron chi connectivity index (χ2n) is 6.79. The number of nitro benzene ring substituents is 1. The van der Waals surface area contributed by atoms with Gasteiger partial charge in [-0.25, -0.2) is 0 Å². The number of nitrogens with one attached hydrogen (secondary N) is 1. The van der Waals surface area contributed by atoms with E-state index in [4.69, 9.17) is 9.47 Å². The number of nitro groups is 1. The van der Waals surface area contributed by atoms with Gasteiger partial charge in [-0.1, -0.05) is 18.2 Å². The molecule has 0 unspecified atom stereocenters. The van der Waals surface area contributed by atoms with E-state index in [2.05, 4.69) is 25.2 Å². The molecule has 128 valence electrons. The lowest BCUT2D eigenvalue weighted by molar-refractivity contribution is -0.385. The van der Waals surface area contributed by atoms with Crippen molar-refractivity contribution in [2.24, 2.45) is 0 Å². The fourth-order valence-electron chi connectivity index (χ4n) is 3.60. The molecule has 1 atom stereocenters. The fourth-order valence-corrected chi connectivity index (χ4v) is 3.60. The van der Waals surface area contributed by atoms with Crippen LogP contribution in [0.15, 0.2) is 42.5 Å². The first-order valence-corrected chi connectivity index (χ1v) is 8.00. The van der Waals surface area contributed by atoms with Gasteiger partial charge in [-0.2, -0.15) is 0 Å². The van der Waals surface area contributed by atoms with E-state index in [0.29, 0.717) is 17.1 Å². The molecule has 2 heterocycles. The van der Waals surface area contributed by atoms with E-state index < -0.39 is 10.6 Å². The van der Waals surface area contributed by atoms with Crippen LogP contribution >= 0.6 is 0 Å². The van der Waals surface area contributed by atoms with Gasteiger partial charge in [0.2, 0.25) is 5.72 Å². The number of hydrogen-bond donors (Lipinski definition) is 1. The molecule has 0 radical (unpaired) electrons. The normalized spacial score (nSPS) is 21.9. The van der Waals surface area contributed by atoms with Crippen LogP contribution in [0.3, 0.4) is 0 Å². The highest BCUT2D eigenvalue weighted by molar-refractivity contribution is 5.74. The summed E-state index contributed by atoms with van der Waals surface area (Å²) in [5.74, 6) is 0.852. The molecular weight excluding hydrogens is 320 g/mol. The standard InChI is InChI=1S/C19H18N2O4/c1-18(2)14-6-4-5-7-15(14)20-19(18)9-8-12-10-13(21(22)23)11-16(24-3)17(12)25-19/h4-11,20H,1-3H3/t19-/m1/s1. The first-order chi connectivity index (χ1) is 11.9. The summed E-state index contributed by atoms with van der Waals surface area (Å²) in [6.07, 6.45) is 3.79. The first kappa shape index (κ1) is 15.5. The van der Waals surface area contributed by atoms with Crippen LogP contribution in [0.4, 0.5) is 11.4 Å². The molecule has 0 aromatic heterocycles. The average molecular weight is 338 g/mol. The van der Waals surface area contributed by atoms with Crippen molar-refractivity contribution in [3.63, 3.8) is 0 Å².